The molecule has 0 spiro atoms. The number of amides is 2. The molecule has 2 aliphatic carbocycles. The van der Waals surface area contributed by atoms with Crippen LogP contribution in [0, 0.1) is 6.92 Å². The first kappa shape index (κ1) is 89.1. The third kappa shape index (κ3) is 21.4. The van der Waals surface area contributed by atoms with Gasteiger partial charge in [0, 0.05) is 43.5 Å². The topological polar surface area (TPSA) is 300 Å². The second kappa shape index (κ2) is 42.4. The maximum atomic E-state index is 14.0. The summed E-state index contributed by atoms with van der Waals surface area (Å²) in [7, 11) is -4.02. The molecule has 0 saturated carbocycles. The lowest BCUT2D eigenvalue weighted by molar-refractivity contribution is -0.146. The van der Waals surface area contributed by atoms with Gasteiger partial charge in [0.25, 0.3) is 10.1 Å². The summed E-state index contributed by atoms with van der Waals surface area (Å²) in [5, 5.41) is 15.5. The van der Waals surface area contributed by atoms with Gasteiger partial charge in [-0.15, -0.1) is 0 Å². The highest BCUT2D eigenvalue weighted by atomic mass is 32.2. The summed E-state index contributed by atoms with van der Waals surface area (Å²) in [6.45, 7) is 2.37. The molecule has 0 bridgehead atoms. The van der Waals surface area contributed by atoms with Gasteiger partial charge in [0.2, 0.25) is 0 Å². The molecule has 22 heteroatoms. The molecule has 2 atom stereocenters. The second-order valence-corrected chi connectivity index (χ2v) is 32.1. The Morgan fingerprint density at radius 2 is 0.688 bits per heavy atom. The van der Waals surface area contributed by atoms with E-state index in [2.05, 4.69) is 129 Å². The number of fused-ring (bicyclic) bond motifs is 6. The number of ketones is 1. The zero-order valence-electron chi connectivity index (χ0n) is 70.2. The number of aryl methyl sites for hydroxylation is 1. The van der Waals surface area contributed by atoms with Gasteiger partial charge in [0.1, 0.15) is 43.5 Å². The van der Waals surface area contributed by atoms with Crippen LogP contribution in [0.4, 0.5) is 9.59 Å². The Morgan fingerprint density at radius 1 is 0.391 bits per heavy atom. The smallest absolute Gasteiger partial charge is 0.407 e. The number of imidazole rings is 2. The first-order valence-corrected chi connectivity index (χ1v) is 43.3. The van der Waals surface area contributed by atoms with Gasteiger partial charge in [-0.3, -0.25) is 18.9 Å². The largest absolute Gasteiger partial charge is 0.480 e. The summed E-state index contributed by atoms with van der Waals surface area (Å²) < 4.78 is 55.4. The summed E-state index contributed by atoms with van der Waals surface area (Å²) in [5.41, 5.74) is 22.3. The molecule has 2 aliphatic rings. The van der Waals surface area contributed by atoms with Crippen molar-refractivity contribution in [1.82, 2.24) is 29.7 Å². The van der Waals surface area contributed by atoms with Crippen LogP contribution in [-0.2, 0) is 85.4 Å². The van der Waals surface area contributed by atoms with Crippen molar-refractivity contribution in [2.45, 2.75) is 85.7 Å². The molecule has 15 aromatic rings. The van der Waals surface area contributed by atoms with E-state index in [-0.39, 0.29) is 80.5 Å². The fraction of sp³-hybridized carbons (Fsp3) is 0.151. The minimum atomic E-state index is -4.02. The molecule has 6 N–H and O–H groups in total. The molecule has 0 unspecified atom stereocenters. The van der Waals surface area contributed by atoms with Crippen molar-refractivity contribution in [2.75, 3.05) is 19.8 Å². The minimum Gasteiger partial charge on any atom is -0.480 e. The zero-order valence-corrected chi connectivity index (χ0v) is 71.0. The van der Waals surface area contributed by atoms with Crippen LogP contribution >= 0.6 is 0 Å². The number of aliphatic carboxylic acids is 1. The molecule has 0 aliphatic heterocycles. The fourth-order valence-corrected chi connectivity index (χ4v) is 16.9. The van der Waals surface area contributed by atoms with Crippen molar-refractivity contribution < 1.29 is 65.8 Å². The Labute approximate surface area is 743 Å². The molecule has 2 aromatic heterocycles. The van der Waals surface area contributed by atoms with E-state index in [0.29, 0.717) is 18.0 Å². The molecule has 0 saturated heterocycles. The Balaban J connectivity index is 0.000000167. The fourth-order valence-electron chi connectivity index (χ4n) is 16.4. The van der Waals surface area contributed by atoms with Gasteiger partial charge in [0.15, 0.2) is 5.78 Å². The van der Waals surface area contributed by atoms with Gasteiger partial charge in [-0.2, -0.15) is 8.42 Å². The number of carboxylic acid groups (broad SMARTS) is 1. The van der Waals surface area contributed by atoms with E-state index in [1.807, 2.05) is 254 Å². The summed E-state index contributed by atoms with van der Waals surface area (Å²) in [5.74, 6) is -2.66. The lowest BCUT2D eigenvalue weighted by Crippen LogP contribution is -2.43. The van der Waals surface area contributed by atoms with Crippen molar-refractivity contribution in [3.8, 4) is 22.3 Å². The number of alkyl carbamates (subject to hydrolysis) is 2. The normalized spacial score (nSPS) is 12.3. The molecule has 0 fully saturated rings. The summed E-state index contributed by atoms with van der Waals surface area (Å²) in [6, 6.07) is 116. The number of esters is 2. The molecule has 0 radical (unpaired) electrons. The third-order valence-corrected chi connectivity index (χ3v) is 23.4. The molecule has 644 valence electrons. The molecule has 128 heavy (non-hydrogen) atoms. The predicted octanol–water partition coefficient (Wildman–Crippen LogP) is 18.5. The Bertz CT molecular complexity index is 6070. The Morgan fingerprint density at radius 3 is 1.01 bits per heavy atom. The van der Waals surface area contributed by atoms with Crippen molar-refractivity contribution in [1.29, 1.82) is 0 Å². The van der Waals surface area contributed by atoms with E-state index in [0.717, 1.165) is 94.6 Å². The zero-order chi connectivity index (χ0) is 89.3. The van der Waals surface area contributed by atoms with Gasteiger partial charge < -0.3 is 49.6 Å². The summed E-state index contributed by atoms with van der Waals surface area (Å²) in [6.07, 6.45) is 5.57. The number of hydrogen-bond donors (Lipinski definition) is 5. The number of carboxylic acids is 1. The number of carbonyl (C=O) groups is 6. The van der Waals surface area contributed by atoms with Gasteiger partial charge in [-0.25, -0.2) is 24.4 Å². The number of nitrogens with two attached hydrogens (primary N) is 1. The average molecular weight is 1720 g/mol. The number of nitrogens with zero attached hydrogens (tertiary/aromatic N) is 4. The van der Waals surface area contributed by atoms with Crippen molar-refractivity contribution >= 4 is 46.0 Å². The molecule has 17 rings (SSSR count). The van der Waals surface area contributed by atoms with E-state index < -0.39 is 57.4 Å². The van der Waals surface area contributed by atoms with E-state index in [4.69, 9.17) is 34.2 Å². The van der Waals surface area contributed by atoms with Crippen LogP contribution in [-0.4, -0.2) is 105 Å². The van der Waals surface area contributed by atoms with Crippen molar-refractivity contribution in [3.63, 3.8) is 0 Å². The summed E-state index contributed by atoms with van der Waals surface area (Å²) in [4.78, 5) is 85.9. The lowest BCUT2D eigenvalue weighted by atomic mass is 9.77. The van der Waals surface area contributed by atoms with Gasteiger partial charge >= 0.3 is 30.1 Å². The number of ether oxygens (including phenoxy) is 4. The highest BCUT2D eigenvalue weighted by Crippen LogP contribution is 2.47. The SMILES string of the molecule is Cc1ccc(S(=O)(=O)O)cc1.NCC(=O)OCc1ccccc1.O=C(CCC(=O)[C@H](Cc1cn(C(c2ccccc2)(c2ccccc2)c2ccccc2)cn1)NC(=O)OCC1c2ccccc2-c2ccccc21)OCc1ccccc1.O=C(N[C@@H](Cc1cn(C(c2ccccc2)(c2ccccc2)c2ccccc2)cn1)C(=O)O)OCC1c2ccccc2-c2ccccc21. The maximum Gasteiger partial charge on any atom is 0.407 e. The highest BCUT2D eigenvalue weighted by Gasteiger charge is 2.41. The molecular formula is C106H95N7O14S. The maximum absolute atomic E-state index is 14.0. The van der Waals surface area contributed by atoms with Gasteiger partial charge in [0.05, 0.1) is 47.9 Å². The number of aromatic nitrogens is 4. The molecule has 2 amide bonds. The standard InChI is InChI=1S/C50H43N3O5.C40H33N3O4.C9H11NO2.C7H8O3S/c54-47(29-30-48(55)57-33-36-17-5-1-6-18-36)46(52-49(56)58-34-45-43-27-15-13-25-41(43)42-26-14-16-28-44(42)45)31-40-32-53(35-51-40)50(37-19-7-2-8-20-37,38-21-9-3-10-22-38)39-23-11-4-12-24-39;44-38(45)37(42-39(46)47-26-36-34-22-12-10-20-32(34)33-21-11-13-23-35(33)36)24-31-25-43(27-41-31)40(28-14-4-1-5-15-28,29-16-6-2-7-17-29)30-18-8-3-9-19-30;10-6-9(11)12-7-8-4-2-1-3-5-8;1-6-2-4-7(5-3-6)11(8,9)10/h1-28,32,35,45-46H,29-31,33-34H2,(H,52,56);1-23,25,27,36-37H,24,26H2,(H,42,46)(H,44,45);1-5H,6-7,10H2;2-5H,1H3,(H,8,9,10)/t46-;37-;;/m00../s1. The van der Waals surface area contributed by atoms with Crippen molar-refractivity contribution in [2.24, 2.45) is 5.73 Å². The molecular weight excluding hydrogens is 1630 g/mol. The lowest BCUT2D eigenvalue weighted by Gasteiger charge is -2.37. The molecule has 2 heterocycles. The number of carbonyl (C=O) groups excluding carboxylic acids is 5. The predicted molar refractivity (Wildman–Crippen MR) is 489 cm³/mol. The van der Waals surface area contributed by atoms with Crippen LogP contribution in [0.15, 0.2) is 394 Å². The third-order valence-electron chi connectivity index (χ3n) is 22.5. The van der Waals surface area contributed by atoms with E-state index in [9.17, 15) is 42.3 Å². The van der Waals surface area contributed by atoms with Crippen LogP contribution in [0.3, 0.4) is 0 Å². The van der Waals surface area contributed by atoms with Crippen LogP contribution in [0.2, 0.25) is 0 Å². The molecule has 13 aromatic carbocycles. The van der Waals surface area contributed by atoms with E-state index >= 15 is 0 Å². The van der Waals surface area contributed by atoms with Crippen LogP contribution in [0.25, 0.3) is 22.3 Å². The quantitative estimate of drug-likeness (QED) is 0.0126. The molecule has 21 nitrogen and oxygen atoms in total. The number of benzene rings is 13. The first-order valence-electron chi connectivity index (χ1n) is 41.9. The average Bonchev–Trinajstić information content (AvgIpc) is 1.77. The number of Topliss-reactive ketones (excluding diaryl/α,β-unsaturated/α-hetero) is 1. The van der Waals surface area contributed by atoms with Crippen LogP contribution in [0.1, 0.15) is 108 Å². The summed E-state index contributed by atoms with van der Waals surface area (Å²) >= 11 is 0. The van der Waals surface area contributed by atoms with Gasteiger partial charge in [-0.1, -0.05) is 357 Å². The minimum absolute atomic E-state index is 0.0268. The van der Waals surface area contributed by atoms with Crippen LogP contribution < -0.4 is 16.4 Å². The highest BCUT2D eigenvalue weighted by molar-refractivity contribution is 7.85. The first-order chi connectivity index (χ1) is 62.4. The van der Waals surface area contributed by atoms with Gasteiger partial charge in [-0.05, 0) is 108 Å². The monoisotopic (exact) mass is 1720 g/mol. The number of hydrogen-bond acceptors (Lipinski definition) is 15. The number of rotatable bonds is 29. The Kier molecular flexibility index (Phi) is 29.5. The van der Waals surface area contributed by atoms with Crippen molar-refractivity contribution in [3.05, 3.63) is 473 Å². The Hall–Kier alpha value is -15.2. The van der Waals surface area contributed by atoms with E-state index in [1.165, 1.54) is 12.1 Å². The van der Waals surface area contributed by atoms with E-state index in [1.54, 1.807) is 24.8 Å². The number of nitrogens with one attached hydrogen (secondary N) is 2. The second-order valence-electron chi connectivity index (χ2n) is 30.7. The van der Waals surface area contributed by atoms with Crippen LogP contribution in [0.5, 0.6) is 0 Å².